The number of benzene rings is 6. The Bertz CT molecular complexity index is 2660. The third-order valence-corrected chi connectivity index (χ3v) is 12.0. The fourth-order valence-corrected chi connectivity index (χ4v) is 9.08. The molecule has 242 valence electrons. The lowest BCUT2D eigenvalue weighted by Gasteiger charge is -2.22. The number of nitrogens with zero attached hydrogens (tertiary/aromatic N) is 2. The molecule has 10 rings (SSSR count). The number of hydrogen-bond donors (Lipinski definition) is 0. The predicted molar refractivity (Wildman–Crippen MR) is 217 cm³/mol. The van der Waals surface area contributed by atoms with Crippen LogP contribution < -0.4 is 0 Å². The van der Waals surface area contributed by atoms with Gasteiger partial charge in [0.1, 0.15) is 11.3 Å². The smallest absolute Gasteiger partial charge is 0.155 e. The summed E-state index contributed by atoms with van der Waals surface area (Å²) < 4.78 is 8.77. The second kappa shape index (κ2) is 12.5. The molecule has 0 radical (unpaired) electrons. The summed E-state index contributed by atoms with van der Waals surface area (Å²) in [6, 6.07) is 58.2. The van der Waals surface area contributed by atoms with E-state index in [0.29, 0.717) is 0 Å². The maximum atomic E-state index is 6.15. The highest BCUT2D eigenvalue weighted by molar-refractivity contribution is 7.22. The summed E-state index contributed by atoms with van der Waals surface area (Å²) in [5, 5.41) is 3.67. The van der Waals surface area contributed by atoms with Gasteiger partial charge in [-0.25, -0.2) is 4.99 Å². The molecule has 51 heavy (non-hydrogen) atoms. The van der Waals surface area contributed by atoms with Gasteiger partial charge in [0, 0.05) is 42.1 Å². The highest BCUT2D eigenvalue weighted by atomic mass is 32.1. The molecule has 0 spiro atoms. The molecule has 1 aliphatic heterocycles. The molecular formula is C46H30N2OS2. The van der Waals surface area contributed by atoms with Crippen molar-refractivity contribution in [3.63, 3.8) is 0 Å². The monoisotopic (exact) mass is 690 g/mol. The molecule has 6 aromatic carbocycles. The van der Waals surface area contributed by atoms with Crippen molar-refractivity contribution in [1.29, 1.82) is 0 Å². The van der Waals surface area contributed by atoms with E-state index in [1.54, 1.807) is 0 Å². The quantitative estimate of drug-likeness (QED) is 0.171. The maximum Gasteiger partial charge on any atom is 0.155 e. The highest BCUT2D eigenvalue weighted by Crippen LogP contribution is 2.37. The number of para-hydroxylation sites is 1. The van der Waals surface area contributed by atoms with Crippen LogP contribution in [0.15, 0.2) is 178 Å². The zero-order valence-electron chi connectivity index (χ0n) is 27.5. The number of fused-ring (bicyclic) bond motifs is 3. The van der Waals surface area contributed by atoms with Crippen LogP contribution in [-0.2, 0) is 0 Å². The summed E-state index contributed by atoms with van der Waals surface area (Å²) in [7, 11) is 0. The van der Waals surface area contributed by atoms with Crippen LogP contribution in [0.25, 0.3) is 63.3 Å². The molecular weight excluding hydrogens is 661 g/mol. The van der Waals surface area contributed by atoms with Crippen molar-refractivity contribution in [2.45, 2.75) is 12.5 Å². The summed E-state index contributed by atoms with van der Waals surface area (Å²) in [6.45, 7) is 0. The van der Waals surface area contributed by atoms with E-state index in [-0.39, 0.29) is 6.04 Å². The molecule has 0 fully saturated rings. The Morgan fingerprint density at radius 1 is 0.490 bits per heavy atom. The van der Waals surface area contributed by atoms with Gasteiger partial charge in [-0.15, -0.1) is 22.7 Å². The average Bonchev–Trinajstić information content (AvgIpc) is 3.95. The predicted octanol–water partition coefficient (Wildman–Crippen LogP) is 13.2. The van der Waals surface area contributed by atoms with E-state index in [4.69, 9.17) is 14.4 Å². The third-order valence-electron chi connectivity index (χ3n) is 9.69. The minimum atomic E-state index is -0.0544. The fraction of sp³-hybridized carbons (Fsp3) is 0.0435. The Morgan fingerprint density at radius 2 is 1.02 bits per heavy atom. The van der Waals surface area contributed by atoms with Gasteiger partial charge < -0.3 is 4.42 Å². The van der Waals surface area contributed by atoms with Crippen molar-refractivity contribution >= 4 is 65.4 Å². The molecule has 1 unspecified atom stereocenters. The number of aliphatic imine (C=N–C) groups is 2. The molecule has 3 nitrogen and oxygen atoms in total. The van der Waals surface area contributed by atoms with Crippen LogP contribution >= 0.6 is 22.7 Å². The molecule has 9 aromatic rings. The van der Waals surface area contributed by atoms with Gasteiger partial charge in [-0.05, 0) is 69.4 Å². The van der Waals surface area contributed by atoms with Crippen molar-refractivity contribution in [1.82, 2.24) is 0 Å². The lowest BCUT2D eigenvalue weighted by atomic mass is 9.94. The van der Waals surface area contributed by atoms with E-state index in [9.17, 15) is 0 Å². The number of hydrogen-bond acceptors (Lipinski definition) is 5. The summed E-state index contributed by atoms with van der Waals surface area (Å²) in [5.41, 5.74) is 8.71. The molecule has 0 aliphatic carbocycles. The van der Waals surface area contributed by atoms with E-state index in [1.165, 1.54) is 46.6 Å². The Hall–Kier alpha value is -5.88. The van der Waals surface area contributed by atoms with Crippen LogP contribution in [0.2, 0.25) is 0 Å². The van der Waals surface area contributed by atoms with Crippen molar-refractivity contribution in [2.75, 3.05) is 0 Å². The van der Waals surface area contributed by atoms with E-state index in [0.717, 1.165) is 51.4 Å². The molecule has 0 saturated carbocycles. The lowest BCUT2D eigenvalue weighted by molar-refractivity contribution is 0.631. The second-order valence-electron chi connectivity index (χ2n) is 13.0. The van der Waals surface area contributed by atoms with Crippen LogP contribution in [0.3, 0.4) is 0 Å². The first-order chi connectivity index (χ1) is 25.2. The zero-order chi connectivity index (χ0) is 33.7. The Kier molecular flexibility index (Phi) is 7.33. The number of furan rings is 1. The van der Waals surface area contributed by atoms with E-state index in [1.807, 2.05) is 40.9 Å². The van der Waals surface area contributed by atoms with Gasteiger partial charge in [0.2, 0.25) is 0 Å². The minimum Gasteiger partial charge on any atom is -0.456 e. The first kappa shape index (κ1) is 30.0. The van der Waals surface area contributed by atoms with Gasteiger partial charge in [-0.3, -0.25) is 4.99 Å². The van der Waals surface area contributed by atoms with Gasteiger partial charge in [0.15, 0.2) is 5.84 Å². The molecule has 0 saturated heterocycles. The Labute approximate surface area is 303 Å². The zero-order valence-corrected chi connectivity index (χ0v) is 29.1. The van der Waals surface area contributed by atoms with Crippen LogP contribution in [-0.4, -0.2) is 11.5 Å². The van der Waals surface area contributed by atoms with Crippen LogP contribution in [0.4, 0.5) is 0 Å². The average molecular weight is 691 g/mol. The third kappa shape index (κ3) is 5.71. The molecule has 0 amide bonds. The Morgan fingerprint density at radius 3 is 1.65 bits per heavy atom. The summed E-state index contributed by atoms with van der Waals surface area (Å²) in [4.78, 5) is 13.0. The van der Waals surface area contributed by atoms with Crippen LogP contribution in [0.1, 0.15) is 29.2 Å². The van der Waals surface area contributed by atoms with Crippen LogP contribution in [0, 0.1) is 0 Å². The Balaban J connectivity index is 0.991. The molecule has 0 bridgehead atoms. The van der Waals surface area contributed by atoms with Gasteiger partial charge in [-0.2, -0.15) is 0 Å². The normalized spacial score (nSPS) is 14.6. The van der Waals surface area contributed by atoms with Gasteiger partial charge in [0.25, 0.3) is 0 Å². The molecule has 0 N–H and O–H groups in total. The van der Waals surface area contributed by atoms with Gasteiger partial charge in [-0.1, -0.05) is 127 Å². The van der Waals surface area contributed by atoms with Crippen molar-refractivity contribution in [3.8, 4) is 32.2 Å². The summed E-state index contributed by atoms with van der Waals surface area (Å²) in [5.74, 6) is 1.60. The topological polar surface area (TPSA) is 37.9 Å². The van der Waals surface area contributed by atoms with Gasteiger partial charge >= 0.3 is 0 Å². The minimum absolute atomic E-state index is 0.0544. The molecule has 5 heteroatoms. The molecule has 1 aliphatic rings. The van der Waals surface area contributed by atoms with Crippen molar-refractivity contribution in [3.05, 3.63) is 180 Å². The summed E-state index contributed by atoms with van der Waals surface area (Å²) >= 11 is 3.67. The largest absolute Gasteiger partial charge is 0.456 e. The fourth-order valence-electron chi connectivity index (χ4n) is 6.95. The van der Waals surface area contributed by atoms with E-state index in [2.05, 4.69) is 146 Å². The number of thiophene rings is 2. The first-order valence-corrected chi connectivity index (χ1v) is 18.8. The molecule has 1 atom stereocenters. The highest BCUT2D eigenvalue weighted by Gasteiger charge is 2.23. The van der Waals surface area contributed by atoms with E-state index < -0.39 is 0 Å². The lowest BCUT2D eigenvalue weighted by Crippen LogP contribution is -2.17. The number of amidine groups is 1. The SMILES string of the molecule is c1ccc2oc(-c3ccc(C4=NC(c5ccc(-c6cc7ccccc7s6)cc5)CC(c5ccc(-c6cc7ccccc7s6)cc5)=N4)cc3)cc2c1. The van der Waals surface area contributed by atoms with Crippen LogP contribution in [0.5, 0.6) is 0 Å². The first-order valence-electron chi connectivity index (χ1n) is 17.1. The standard InChI is InChI=1S/C46H30N2OS2/c1-4-10-40-35(7-1)25-41(49-40)31-17-23-34(24-18-31)46-47-38(29-13-19-32(20-14-29)44-26-36-8-2-5-11-42(36)50-44)28-39(48-46)30-15-21-33(22-16-30)45-27-37-9-3-6-12-43(37)51-45/h1-27,38H,28H2. The van der Waals surface area contributed by atoms with Crippen molar-refractivity contribution in [2.24, 2.45) is 9.98 Å². The van der Waals surface area contributed by atoms with E-state index >= 15 is 0 Å². The maximum absolute atomic E-state index is 6.15. The second-order valence-corrected chi connectivity index (χ2v) is 15.1. The summed E-state index contributed by atoms with van der Waals surface area (Å²) in [6.07, 6.45) is 0.727. The molecule has 3 aromatic heterocycles. The number of rotatable bonds is 6. The van der Waals surface area contributed by atoms with Crippen molar-refractivity contribution < 1.29 is 4.42 Å². The van der Waals surface area contributed by atoms with Gasteiger partial charge in [0.05, 0.1) is 11.8 Å². The molecule has 4 heterocycles.